The molecule has 0 heterocycles. The van der Waals surface area contributed by atoms with Crippen LogP contribution in [0.4, 0.5) is 4.79 Å². The fraction of sp³-hybridized carbons (Fsp3) is 0.523. The minimum absolute atomic E-state index is 0.0473. The van der Waals surface area contributed by atoms with Crippen LogP contribution in [-0.2, 0) is 38.1 Å². The van der Waals surface area contributed by atoms with Gasteiger partial charge in [0, 0.05) is 25.9 Å². The van der Waals surface area contributed by atoms with Gasteiger partial charge in [-0.3, -0.25) is 9.59 Å². The summed E-state index contributed by atoms with van der Waals surface area (Å²) < 4.78 is 29.4. The molecule has 5 rings (SSSR count). The maximum atomic E-state index is 15.2. The number of aliphatic hydroxyl groups excluding tert-OH is 3. The van der Waals surface area contributed by atoms with Crippen LogP contribution in [0.2, 0.25) is 0 Å². The number of alkyl carbamates (subject to hydrolysis) is 1. The molecule has 15 heteroatoms. The largest absolute Gasteiger partial charge is 0.456 e. The minimum Gasteiger partial charge on any atom is -0.456 e. The van der Waals surface area contributed by atoms with Crippen LogP contribution in [-0.4, -0.2) is 111 Å². The number of fused-ring (bicyclic) bond motifs is 3. The lowest BCUT2D eigenvalue weighted by Gasteiger charge is -2.62. The normalized spacial score (nSPS) is 31.1. The van der Waals surface area contributed by atoms with Gasteiger partial charge < -0.3 is 49.4 Å². The number of benzene rings is 2. The summed E-state index contributed by atoms with van der Waals surface area (Å²) in [6, 6.07) is 14.5. The van der Waals surface area contributed by atoms with Gasteiger partial charge in [-0.05, 0) is 63.5 Å². The van der Waals surface area contributed by atoms with Crippen molar-refractivity contribution in [2.75, 3.05) is 13.7 Å². The molecule has 3 aliphatic rings. The summed E-state index contributed by atoms with van der Waals surface area (Å²) in [5.41, 5.74) is -8.33. The van der Waals surface area contributed by atoms with E-state index in [1.807, 2.05) is 0 Å². The molecule has 0 radical (unpaired) electrons. The lowest BCUT2D eigenvalue weighted by Crippen LogP contribution is -2.75. The van der Waals surface area contributed by atoms with Gasteiger partial charge in [-0.2, -0.15) is 0 Å². The Balaban J connectivity index is 1.71. The van der Waals surface area contributed by atoms with Gasteiger partial charge in [-0.1, -0.05) is 74.5 Å². The third-order valence-corrected chi connectivity index (χ3v) is 12.0. The molecule has 0 spiro atoms. The lowest BCUT2D eigenvalue weighted by molar-refractivity contribution is -0.257. The van der Waals surface area contributed by atoms with Gasteiger partial charge in [0.2, 0.25) is 0 Å². The van der Waals surface area contributed by atoms with E-state index in [9.17, 15) is 39.6 Å². The molecule has 2 aromatic rings. The fourth-order valence-corrected chi connectivity index (χ4v) is 9.02. The van der Waals surface area contributed by atoms with Gasteiger partial charge in [0.25, 0.3) is 0 Å². The monoisotopic (exact) mass is 821 g/mol. The average molecular weight is 822 g/mol. The van der Waals surface area contributed by atoms with Crippen molar-refractivity contribution in [2.24, 2.45) is 16.7 Å². The van der Waals surface area contributed by atoms with Crippen molar-refractivity contribution in [2.45, 2.75) is 115 Å². The molecule has 10 atom stereocenters. The zero-order valence-corrected chi connectivity index (χ0v) is 34.8. The number of methoxy groups -OCH3 is 1. The number of amides is 1. The molecule has 1 unspecified atom stereocenters. The third-order valence-electron chi connectivity index (χ3n) is 12.0. The predicted molar refractivity (Wildman–Crippen MR) is 210 cm³/mol. The first-order chi connectivity index (χ1) is 27.5. The summed E-state index contributed by atoms with van der Waals surface area (Å²) in [4.78, 5) is 69.2. The van der Waals surface area contributed by atoms with Crippen LogP contribution in [0.25, 0.3) is 0 Å². The molecule has 0 saturated heterocycles. The molecule has 5 N–H and O–H groups in total. The van der Waals surface area contributed by atoms with E-state index in [2.05, 4.69) is 5.32 Å². The Hall–Kier alpha value is -4.93. The van der Waals surface area contributed by atoms with E-state index >= 15 is 4.79 Å². The Bertz CT molecular complexity index is 1990. The fourth-order valence-electron chi connectivity index (χ4n) is 9.02. The van der Waals surface area contributed by atoms with Gasteiger partial charge in [0.1, 0.15) is 35.6 Å². The zero-order valence-electron chi connectivity index (χ0n) is 34.8. The Morgan fingerprint density at radius 1 is 0.966 bits per heavy atom. The van der Waals surface area contributed by atoms with Crippen molar-refractivity contribution in [3.05, 3.63) is 95.1 Å². The first-order valence-electron chi connectivity index (χ1n) is 19.4. The zero-order chi connectivity index (χ0) is 43.9. The summed E-state index contributed by atoms with van der Waals surface area (Å²) in [5, 5.41) is 50.4. The maximum Gasteiger partial charge on any atom is 0.408 e. The molecule has 1 fully saturated rings. The summed E-state index contributed by atoms with van der Waals surface area (Å²) in [6.07, 6.45) is -7.57. The molecule has 3 aliphatic carbocycles. The van der Waals surface area contributed by atoms with Crippen molar-refractivity contribution in [3.8, 4) is 0 Å². The third kappa shape index (κ3) is 8.18. The molecular formula is C44H55NO14. The number of Topliss-reactive ketones (excluding diaryl/α,β-unsaturated/α-hetero) is 1. The van der Waals surface area contributed by atoms with Crippen LogP contribution in [0.3, 0.4) is 0 Å². The minimum atomic E-state index is -2.39. The first-order valence-corrected chi connectivity index (χ1v) is 19.4. The highest BCUT2D eigenvalue weighted by molar-refractivity contribution is 5.95. The number of hydrogen-bond acceptors (Lipinski definition) is 14. The van der Waals surface area contributed by atoms with Gasteiger partial charge >= 0.3 is 24.0 Å². The van der Waals surface area contributed by atoms with Crippen LogP contribution >= 0.6 is 0 Å². The number of hydrogen-bond donors (Lipinski definition) is 5. The molecular weight excluding hydrogens is 766 g/mol. The molecule has 0 aromatic heterocycles. The Labute approximate surface area is 343 Å². The Kier molecular flexibility index (Phi) is 12.7. The quantitative estimate of drug-likeness (QED) is 0.131. The smallest absolute Gasteiger partial charge is 0.408 e. The number of rotatable bonds is 10. The molecule has 1 amide bonds. The number of ketones is 1. The van der Waals surface area contributed by atoms with E-state index in [4.69, 9.17) is 23.7 Å². The standard InChI is InChI=1S/C44H55NO14/c1-24-28(56-38(52)32(49)31(26-16-12-10-13-17-26)45-39(53)59-40(3,4)5)22-44(54)36(57-37(51)27-18-14-11-15-19-27)34-42(8,35(50)33(55-9)30(24)41(44,6)7)21-20-29(48)43(34,23-46)58-25(2)47/h10-21,28-29,31-34,36,46,48-49,54H,22-23H2,1-9H3,(H,45,53)/t28-,29+,31-,32+,33+,34?,36-,42+,43-,44+/m0/s1. The lowest BCUT2D eigenvalue weighted by atomic mass is 9.47. The van der Waals surface area contributed by atoms with E-state index in [1.165, 1.54) is 38.3 Å². The van der Waals surface area contributed by atoms with E-state index in [0.717, 1.165) is 6.92 Å². The van der Waals surface area contributed by atoms with Crippen LogP contribution in [0.5, 0.6) is 0 Å². The van der Waals surface area contributed by atoms with Crippen molar-refractivity contribution in [1.82, 2.24) is 5.32 Å². The van der Waals surface area contributed by atoms with Crippen molar-refractivity contribution >= 4 is 29.8 Å². The number of ether oxygens (including phenoxy) is 5. The molecule has 15 nitrogen and oxygen atoms in total. The van der Waals surface area contributed by atoms with Crippen molar-refractivity contribution in [3.63, 3.8) is 0 Å². The molecule has 2 bridgehead atoms. The highest BCUT2D eigenvalue weighted by Gasteiger charge is 2.73. The highest BCUT2D eigenvalue weighted by atomic mass is 16.6. The number of carbonyl (C=O) groups is 5. The summed E-state index contributed by atoms with van der Waals surface area (Å²) >= 11 is 0. The topological polar surface area (TPSA) is 224 Å². The molecule has 1 saturated carbocycles. The SMILES string of the molecule is CO[C@H]1C(=O)[C@]2(C)C=C[C@@H](O)[C@](CO)(OC(C)=O)C2[C@H](OC(=O)c2ccccc2)[C@]2(O)C[C@H](OC(=O)[C@H](O)[C@@H](NC(=O)OC(C)(C)C)c3ccccc3)C(C)=C1C2(C)C. The van der Waals surface area contributed by atoms with Gasteiger partial charge in [-0.15, -0.1) is 0 Å². The maximum absolute atomic E-state index is 15.2. The second kappa shape index (κ2) is 16.6. The number of aliphatic hydroxyl groups is 4. The molecule has 2 aromatic carbocycles. The molecule has 59 heavy (non-hydrogen) atoms. The van der Waals surface area contributed by atoms with Gasteiger partial charge in [0.15, 0.2) is 17.5 Å². The van der Waals surface area contributed by atoms with Crippen LogP contribution in [0.15, 0.2) is 84.0 Å². The van der Waals surface area contributed by atoms with E-state index in [1.54, 1.807) is 90.1 Å². The van der Waals surface area contributed by atoms with E-state index < -0.39 is 113 Å². The number of nitrogens with one attached hydrogen (secondary N) is 1. The predicted octanol–water partition coefficient (Wildman–Crippen LogP) is 3.67. The second-order valence-electron chi connectivity index (χ2n) is 17.2. The van der Waals surface area contributed by atoms with Gasteiger partial charge in [-0.25, -0.2) is 14.4 Å². The number of carbonyl (C=O) groups excluding carboxylic acids is 5. The van der Waals surface area contributed by atoms with Crippen molar-refractivity contribution < 1.29 is 68.1 Å². The Morgan fingerprint density at radius 2 is 1.56 bits per heavy atom. The van der Waals surface area contributed by atoms with Gasteiger partial charge in [0.05, 0.1) is 29.5 Å². The second-order valence-corrected chi connectivity index (χ2v) is 17.2. The Morgan fingerprint density at radius 3 is 2.10 bits per heavy atom. The van der Waals surface area contributed by atoms with Crippen LogP contribution in [0, 0.1) is 16.7 Å². The summed E-state index contributed by atoms with van der Waals surface area (Å²) in [7, 11) is 1.27. The van der Waals surface area contributed by atoms with E-state index in [0.29, 0.717) is 5.56 Å². The number of esters is 3. The number of allylic oxidation sites excluding steroid dienone is 1. The van der Waals surface area contributed by atoms with Crippen LogP contribution in [0.1, 0.15) is 83.8 Å². The van der Waals surface area contributed by atoms with E-state index in [-0.39, 0.29) is 16.7 Å². The first kappa shape index (κ1) is 45.2. The highest BCUT2D eigenvalue weighted by Crippen LogP contribution is 2.61. The summed E-state index contributed by atoms with van der Waals surface area (Å²) in [6.45, 7) is 11.1. The summed E-state index contributed by atoms with van der Waals surface area (Å²) in [5.74, 6) is -5.54. The average Bonchev–Trinajstić information content (AvgIpc) is 3.17. The molecule has 320 valence electrons. The van der Waals surface area contributed by atoms with Crippen molar-refractivity contribution in [1.29, 1.82) is 0 Å². The van der Waals surface area contributed by atoms with Crippen LogP contribution < -0.4 is 5.32 Å². The molecule has 0 aliphatic heterocycles.